The van der Waals surface area contributed by atoms with Gasteiger partial charge in [0.25, 0.3) is 0 Å². The summed E-state index contributed by atoms with van der Waals surface area (Å²) in [6, 6.07) is 20.5. The molecule has 1 amide bonds. The Balaban J connectivity index is 1.14. The highest BCUT2D eigenvalue weighted by molar-refractivity contribution is 6.36. The number of anilines is 1. The number of hydrogen-bond donors (Lipinski definition) is 1. The highest BCUT2D eigenvalue weighted by atomic mass is 16.2. The van der Waals surface area contributed by atoms with Gasteiger partial charge in [-0.2, -0.15) is 9.61 Å². The van der Waals surface area contributed by atoms with Crippen molar-refractivity contribution in [3.05, 3.63) is 96.1 Å². The lowest BCUT2D eigenvalue weighted by molar-refractivity contribution is -0.131. The van der Waals surface area contributed by atoms with Gasteiger partial charge in [0.05, 0.1) is 6.42 Å². The van der Waals surface area contributed by atoms with Crippen LogP contribution in [0.4, 0.5) is 5.82 Å². The number of piperidine rings is 1. The molecule has 1 aliphatic heterocycles. The highest BCUT2D eigenvalue weighted by Crippen LogP contribution is 2.29. The van der Waals surface area contributed by atoms with Gasteiger partial charge in [-0.3, -0.25) is 9.78 Å². The molecule has 37 heavy (non-hydrogen) atoms. The first-order valence-electron chi connectivity index (χ1n) is 12.7. The fraction of sp³-hybridized carbons (Fsp3) is 0.241. The second-order valence-electron chi connectivity index (χ2n) is 9.63. The molecule has 4 heterocycles. The summed E-state index contributed by atoms with van der Waals surface area (Å²) in [6.07, 6.45) is 7.39. The van der Waals surface area contributed by atoms with Crippen LogP contribution in [0.25, 0.3) is 16.4 Å². The molecule has 0 saturated carbocycles. The first kappa shape index (κ1) is 23.2. The van der Waals surface area contributed by atoms with Crippen LogP contribution >= 0.6 is 0 Å². The van der Waals surface area contributed by atoms with Crippen LogP contribution in [-0.4, -0.2) is 51.3 Å². The molecule has 0 bridgehead atoms. The lowest BCUT2D eigenvalue weighted by Crippen LogP contribution is -2.39. The van der Waals surface area contributed by atoms with E-state index < -0.39 is 0 Å². The molecule has 2 radical (unpaired) electrons. The monoisotopic (exact) mass is 486 g/mol. The summed E-state index contributed by atoms with van der Waals surface area (Å²) in [5.41, 5.74) is 4.32. The van der Waals surface area contributed by atoms with Crippen molar-refractivity contribution in [2.24, 2.45) is 0 Å². The minimum atomic E-state index is 0.177. The first-order valence-corrected chi connectivity index (χ1v) is 12.7. The maximum Gasteiger partial charge on any atom is 0.226 e. The van der Waals surface area contributed by atoms with E-state index in [0.717, 1.165) is 48.6 Å². The number of aromatic nitrogens is 4. The van der Waals surface area contributed by atoms with E-state index >= 15 is 0 Å². The predicted octanol–water partition coefficient (Wildman–Crippen LogP) is 3.63. The summed E-state index contributed by atoms with van der Waals surface area (Å²) in [4.78, 5) is 24.1. The Kier molecular flexibility index (Phi) is 6.31. The summed E-state index contributed by atoms with van der Waals surface area (Å²) in [5, 5.41) is 10.2. The van der Waals surface area contributed by atoms with E-state index in [2.05, 4.69) is 51.8 Å². The van der Waals surface area contributed by atoms with Gasteiger partial charge in [-0.15, -0.1) is 0 Å². The second kappa shape index (κ2) is 10.0. The average Bonchev–Trinajstić information content (AvgIpc) is 3.33. The molecule has 0 spiro atoms. The molecule has 0 unspecified atom stereocenters. The van der Waals surface area contributed by atoms with Crippen molar-refractivity contribution in [3.8, 4) is 0 Å². The molecule has 1 fully saturated rings. The Hall–Kier alpha value is -4.20. The van der Waals surface area contributed by atoms with Crippen LogP contribution in [0.1, 0.15) is 35.6 Å². The number of pyridine rings is 1. The molecule has 5 aromatic rings. The number of nitrogens with one attached hydrogen (secondary N) is 1. The Labute approximate surface area is 217 Å². The van der Waals surface area contributed by atoms with Gasteiger partial charge >= 0.3 is 0 Å². The Morgan fingerprint density at radius 1 is 0.973 bits per heavy atom. The SMILES string of the molecule is [B]c1cnn2c(NCc3cccnc3)cc(C3CCN(C(=O)Cc4ccc5ccccc5c4)CC3)nc12. The van der Waals surface area contributed by atoms with Crippen molar-refractivity contribution < 1.29 is 4.79 Å². The smallest absolute Gasteiger partial charge is 0.226 e. The molecule has 1 N–H and O–H groups in total. The highest BCUT2D eigenvalue weighted by Gasteiger charge is 2.26. The van der Waals surface area contributed by atoms with Crippen LogP contribution in [0, 0.1) is 0 Å². The third-order valence-corrected chi connectivity index (χ3v) is 7.15. The summed E-state index contributed by atoms with van der Waals surface area (Å²) in [7, 11) is 6.18. The number of likely N-dealkylation sites (tertiary alicyclic amines) is 1. The number of hydrogen-bond acceptors (Lipinski definition) is 5. The third-order valence-electron chi connectivity index (χ3n) is 7.15. The standard InChI is InChI=1S/C29H27BN6O/c30-25-19-33-36-27(32-18-21-4-3-11-31-17-21)16-26(34-29(25)36)23-9-12-35(13-10-23)28(37)15-20-7-8-22-5-1-2-6-24(22)14-20/h1-8,11,14,16-17,19,23,32H,9-10,12-13,15,18H2. The van der Waals surface area contributed by atoms with Crippen LogP contribution in [0.3, 0.4) is 0 Å². The molecule has 3 aromatic heterocycles. The number of nitrogens with zero attached hydrogens (tertiary/aromatic N) is 5. The lowest BCUT2D eigenvalue weighted by atomic mass is 9.92. The number of fused-ring (bicyclic) bond motifs is 2. The second-order valence-corrected chi connectivity index (χ2v) is 9.63. The molecule has 7 nitrogen and oxygen atoms in total. The number of carbonyl (C=O) groups excluding carboxylic acids is 1. The fourth-order valence-electron chi connectivity index (χ4n) is 5.09. The van der Waals surface area contributed by atoms with Crippen LogP contribution in [0.15, 0.2) is 79.3 Å². The average molecular weight is 486 g/mol. The van der Waals surface area contributed by atoms with Crippen molar-refractivity contribution in [1.29, 1.82) is 0 Å². The summed E-state index contributed by atoms with van der Waals surface area (Å²) >= 11 is 0. The van der Waals surface area contributed by atoms with Crippen molar-refractivity contribution >= 4 is 41.5 Å². The molecule has 2 aromatic carbocycles. The molecule has 0 atom stereocenters. The van der Waals surface area contributed by atoms with Crippen LogP contribution in [0.5, 0.6) is 0 Å². The van der Waals surface area contributed by atoms with E-state index in [-0.39, 0.29) is 11.8 Å². The maximum atomic E-state index is 13.1. The lowest BCUT2D eigenvalue weighted by Gasteiger charge is -2.32. The summed E-state index contributed by atoms with van der Waals surface area (Å²) in [6.45, 7) is 2.06. The van der Waals surface area contributed by atoms with Crippen molar-refractivity contribution in [2.75, 3.05) is 18.4 Å². The number of rotatable bonds is 6. The molecule has 6 rings (SSSR count). The van der Waals surface area contributed by atoms with Gasteiger partial charge in [0.15, 0.2) is 0 Å². The van der Waals surface area contributed by atoms with E-state index in [9.17, 15) is 4.79 Å². The van der Waals surface area contributed by atoms with E-state index in [4.69, 9.17) is 12.8 Å². The topological polar surface area (TPSA) is 75.4 Å². The van der Waals surface area contributed by atoms with E-state index in [1.807, 2.05) is 35.4 Å². The fourth-order valence-corrected chi connectivity index (χ4v) is 5.09. The van der Waals surface area contributed by atoms with Crippen LogP contribution in [0.2, 0.25) is 0 Å². The zero-order valence-corrected chi connectivity index (χ0v) is 20.5. The van der Waals surface area contributed by atoms with Gasteiger partial charge < -0.3 is 10.2 Å². The normalized spacial score (nSPS) is 14.3. The molecular weight excluding hydrogens is 459 g/mol. The third kappa shape index (κ3) is 4.92. The molecule has 1 aliphatic rings. The van der Waals surface area contributed by atoms with Crippen LogP contribution < -0.4 is 10.8 Å². The maximum absolute atomic E-state index is 13.1. The van der Waals surface area contributed by atoms with Gasteiger partial charge in [-0.05, 0) is 46.3 Å². The number of benzene rings is 2. The van der Waals surface area contributed by atoms with Crippen molar-refractivity contribution in [3.63, 3.8) is 0 Å². The van der Waals surface area contributed by atoms with Crippen LogP contribution in [-0.2, 0) is 17.8 Å². The quantitative estimate of drug-likeness (QED) is 0.371. The van der Waals surface area contributed by atoms with Gasteiger partial charge in [-0.1, -0.05) is 48.5 Å². The van der Waals surface area contributed by atoms with Crippen molar-refractivity contribution in [2.45, 2.75) is 31.7 Å². The van der Waals surface area contributed by atoms with E-state index in [1.54, 1.807) is 16.9 Å². The van der Waals surface area contributed by atoms with E-state index in [0.29, 0.717) is 24.1 Å². The number of amides is 1. The molecule has 182 valence electrons. The molecule has 1 saturated heterocycles. The van der Waals surface area contributed by atoms with Crippen molar-refractivity contribution in [1.82, 2.24) is 24.5 Å². The summed E-state index contributed by atoms with van der Waals surface area (Å²) < 4.78 is 1.75. The zero-order chi connectivity index (χ0) is 25.2. The Morgan fingerprint density at radius 3 is 2.62 bits per heavy atom. The Bertz CT molecular complexity index is 1560. The van der Waals surface area contributed by atoms with Gasteiger partial charge in [0.2, 0.25) is 5.91 Å². The predicted molar refractivity (Wildman–Crippen MR) is 146 cm³/mol. The minimum Gasteiger partial charge on any atom is -0.366 e. The number of carbonyl (C=O) groups is 1. The summed E-state index contributed by atoms with van der Waals surface area (Å²) in [5.74, 6) is 1.27. The molecule has 8 heteroatoms. The Morgan fingerprint density at radius 2 is 1.81 bits per heavy atom. The van der Waals surface area contributed by atoms with Gasteiger partial charge in [0.1, 0.15) is 19.3 Å². The van der Waals surface area contributed by atoms with Gasteiger partial charge in [-0.25, -0.2) is 4.98 Å². The first-order chi connectivity index (χ1) is 18.1. The zero-order valence-electron chi connectivity index (χ0n) is 20.5. The van der Waals surface area contributed by atoms with E-state index in [1.165, 1.54) is 10.8 Å². The van der Waals surface area contributed by atoms with Gasteiger partial charge in [0, 0.05) is 55.9 Å². The minimum absolute atomic E-state index is 0.177. The largest absolute Gasteiger partial charge is 0.366 e. The molecular formula is C29H27BN6O. The molecule has 0 aliphatic carbocycles.